The van der Waals surface area contributed by atoms with Gasteiger partial charge in [-0.15, -0.1) is 0 Å². The highest BCUT2D eigenvalue weighted by Gasteiger charge is 2.30. The van der Waals surface area contributed by atoms with Gasteiger partial charge in [0.25, 0.3) is 0 Å². The summed E-state index contributed by atoms with van der Waals surface area (Å²) in [6.45, 7) is 7.44. The number of carboxylic acids is 1. The minimum atomic E-state index is -0.800. The summed E-state index contributed by atoms with van der Waals surface area (Å²) in [4.78, 5) is 17.1. The summed E-state index contributed by atoms with van der Waals surface area (Å²) < 4.78 is 6.26. The summed E-state index contributed by atoms with van der Waals surface area (Å²) in [7, 11) is 1.86. The Morgan fingerprint density at radius 2 is 1.89 bits per heavy atom. The molecule has 3 rings (SSSR count). The van der Waals surface area contributed by atoms with E-state index >= 15 is 0 Å². The molecule has 0 radical (unpaired) electrons. The van der Waals surface area contributed by atoms with Crippen molar-refractivity contribution in [1.82, 2.24) is 4.98 Å². The molecule has 1 heterocycles. The number of hydrogen-bond donors (Lipinski definition) is 1. The molecule has 5 heteroatoms. The van der Waals surface area contributed by atoms with Gasteiger partial charge in [-0.3, -0.25) is 4.79 Å². The Morgan fingerprint density at radius 1 is 1.18 bits per heavy atom. The van der Waals surface area contributed by atoms with E-state index in [4.69, 9.17) is 9.84 Å². The topological polar surface area (TPSA) is 62.7 Å². The van der Waals surface area contributed by atoms with Crippen LogP contribution in [-0.2, 0) is 4.79 Å². The number of carbonyl (C=O) groups is 1. The maximum absolute atomic E-state index is 10.8. The Morgan fingerprint density at radius 3 is 2.54 bits per heavy atom. The largest absolute Gasteiger partial charge is 0.490 e. The zero-order chi connectivity index (χ0) is 20.3. The number of aliphatic carboxylic acids is 1. The van der Waals surface area contributed by atoms with Gasteiger partial charge in [-0.25, -0.2) is 4.98 Å². The number of carboxylic acid groups (broad SMARTS) is 1. The highest BCUT2D eigenvalue weighted by molar-refractivity contribution is 5.85. The molecule has 1 fully saturated rings. The third-order valence-corrected chi connectivity index (χ3v) is 5.93. The van der Waals surface area contributed by atoms with Crippen LogP contribution in [0.4, 0.5) is 5.82 Å². The fourth-order valence-electron chi connectivity index (χ4n) is 4.01. The van der Waals surface area contributed by atoms with Gasteiger partial charge in [-0.05, 0) is 60.6 Å². The Kier molecular flexibility index (Phi) is 6.11. The van der Waals surface area contributed by atoms with Crippen LogP contribution in [0.1, 0.15) is 52.9 Å². The molecular formula is C23H32N2O3. The van der Waals surface area contributed by atoms with Crippen LogP contribution in [0.5, 0.6) is 5.75 Å². The van der Waals surface area contributed by atoms with Crippen molar-refractivity contribution in [2.24, 2.45) is 11.3 Å². The van der Waals surface area contributed by atoms with Crippen LogP contribution in [0.3, 0.4) is 0 Å². The maximum atomic E-state index is 10.8. The average Bonchev–Trinajstić information content (AvgIpc) is 2.65. The second-order valence-corrected chi connectivity index (χ2v) is 9.07. The normalized spacial score (nSPS) is 20.1. The van der Waals surface area contributed by atoms with Gasteiger partial charge < -0.3 is 14.7 Å². The average molecular weight is 385 g/mol. The fraction of sp³-hybridized carbons (Fsp3) is 0.565. The molecule has 1 aromatic carbocycles. The van der Waals surface area contributed by atoms with Gasteiger partial charge >= 0.3 is 5.97 Å². The summed E-state index contributed by atoms with van der Waals surface area (Å²) in [6, 6.07) is 8.13. The minimum absolute atomic E-state index is 0.0977. The molecule has 28 heavy (non-hydrogen) atoms. The zero-order valence-corrected chi connectivity index (χ0v) is 17.4. The van der Waals surface area contributed by atoms with Crippen molar-refractivity contribution in [2.45, 2.75) is 59.0 Å². The number of hydrogen-bond acceptors (Lipinski definition) is 4. The third-order valence-electron chi connectivity index (χ3n) is 5.93. The van der Waals surface area contributed by atoms with Gasteiger partial charge in [0.15, 0.2) is 0 Å². The van der Waals surface area contributed by atoms with Crippen molar-refractivity contribution in [3.05, 3.63) is 30.5 Å². The molecule has 5 nitrogen and oxygen atoms in total. The van der Waals surface area contributed by atoms with Crippen LogP contribution in [0.25, 0.3) is 10.8 Å². The molecular weight excluding hydrogens is 352 g/mol. The van der Waals surface area contributed by atoms with Gasteiger partial charge in [0, 0.05) is 25.2 Å². The van der Waals surface area contributed by atoms with Crippen LogP contribution in [-0.4, -0.2) is 35.8 Å². The van der Waals surface area contributed by atoms with Crippen molar-refractivity contribution in [2.75, 3.05) is 18.5 Å². The maximum Gasteiger partial charge on any atom is 0.305 e. The molecule has 0 amide bonds. The summed E-state index contributed by atoms with van der Waals surface area (Å²) >= 11 is 0. The minimum Gasteiger partial charge on any atom is -0.490 e. The van der Waals surface area contributed by atoms with Crippen molar-refractivity contribution in [3.63, 3.8) is 0 Å². The molecule has 2 aromatic rings. The highest BCUT2D eigenvalue weighted by Crippen LogP contribution is 2.39. The Labute approximate surface area is 167 Å². The quantitative estimate of drug-likeness (QED) is 0.748. The molecule has 0 spiro atoms. The zero-order valence-electron chi connectivity index (χ0n) is 17.4. The van der Waals surface area contributed by atoms with E-state index in [2.05, 4.69) is 37.9 Å². The van der Waals surface area contributed by atoms with Crippen molar-refractivity contribution in [3.8, 4) is 5.75 Å². The number of nitrogens with zero attached hydrogens (tertiary/aromatic N) is 2. The summed E-state index contributed by atoms with van der Waals surface area (Å²) in [5, 5.41) is 11.0. The Bertz CT molecular complexity index is 820. The molecule has 1 saturated carbocycles. The molecule has 0 atom stereocenters. The molecule has 0 aliphatic heterocycles. The van der Waals surface area contributed by atoms with Gasteiger partial charge in [-0.2, -0.15) is 0 Å². The number of rotatable bonds is 6. The number of ether oxygens (including phenoxy) is 1. The highest BCUT2D eigenvalue weighted by atomic mass is 16.5. The smallest absolute Gasteiger partial charge is 0.305 e. The van der Waals surface area contributed by atoms with Crippen LogP contribution in [0, 0.1) is 11.3 Å². The number of benzene rings is 1. The molecule has 1 aromatic heterocycles. The summed E-state index contributed by atoms with van der Waals surface area (Å²) in [6.07, 6.45) is 6.93. The van der Waals surface area contributed by atoms with Gasteiger partial charge in [0.05, 0.1) is 12.5 Å². The first-order valence-corrected chi connectivity index (χ1v) is 10.2. The van der Waals surface area contributed by atoms with Crippen molar-refractivity contribution in [1.29, 1.82) is 0 Å². The van der Waals surface area contributed by atoms with Gasteiger partial charge in [0.2, 0.25) is 0 Å². The fourth-order valence-corrected chi connectivity index (χ4v) is 4.01. The van der Waals surface area contributed by atoms with E-state index in [1.165, 1.54) is 12.8 Å². The number of anilines is 1. The summed E-state index contributed by atoms with van der Waals surface area (Å²) in [5.74, 6) is 1.67. The third kappa shape index (κ3) is 5.15. The second kappa shape index (κ2) is 8.38. The lowest BCUT2D eigenvalue weighted by Crippen LogP contribution is -2.30. The molecule has 1 aliphatic rings. The SMILES string of the molecule is CN(CCC(=O)O)c1cc2ccc(O[C@H]3CC[C@H](C(C)(C)C)CC3)cc2cn1. The molecule has 0 bridgehead atoms. The predicted octanol–water partition coefficient (Wildman–Crippen LogP) is 5.13. The van der Waals surface area contributed by atoms with Gasteiger partial charge in [0.1, 0.15) is 11.6 Å². The van der Waals surface area contributed by atoms with Gasteiger partial charge in [-0.1, -0.05) is 26.8 Å². The van der Waals surface area contributed by atoms with E-state index in [9.17, 15) is 4.79 Å². The molecule has 0 saturated heterocycles. The first kappa shape index (κ1) is 20.4. The first-order valence-electron chi connectivity index (χ1n) is 10.2. The molecule has 1 N–H and O–H groups in total. The lowest BCUT2D eigenvalue weighted by atomic mass is 9.72. The van der Waals surface area contributed by atoms with Crippen LogP contribution >= 0.6 is 0 Å². The lowest BCUT2D eigenvalue weighted by molar-refractivity contribution is -0.136. The van der Waals surface area contributed by atoms with E-state index in [-0.39, 0.29) is 6.42 Å². The van der Waals surface area contributed by atoms with Crippen molar-refractivity contribution >= 4 is 22.6 Å². The molecule has 1 aliphatic carbocycles. The van der Waals surface area contributed by atoms with Crippen molar-refractivity contribution < 1.29 is 14.6 Å². The van der Waals surface area contributed by atoms with Crippen LogP contribution in [0.15, 0.2) is 30.5 Å². The first-order chi connectivity index (χ1) is 13.2. The van der Waals surface area contributed by atoms with Crippen LogP contribution in [0.2, 0.25) is 0 Å². The lowest BCUT2D eigenvalue weighted by Gasteiger charge is -2.37. The van der Waals surface area contributed by atoms with E-state index in [1.54, 1.807) is 0 Å². The number of aromatic nitrogens is 1. The summed E-state index contributed by atoms with van der Waals surface area (Å²) in [5.41, 5.74) is 0.384. The standard InChI is InChI=1S/C23H32N2O3/c1-23(2,3)18-6-9-19(10-7-18)28-20-8-5-16-14-21(24-15-17(16)13-20)25(4)12-11-22(26)27/h5,8,13-15,18-19H,6-7,9-12H2,1-4H3,(H,26,27)/t18-,19-. The predicted molar refractivity (Wildman–Crippen MR) is 113 cm³/mol. The van der Waals surface area contributed by atoms with E-state index < -0.39 is 5.97 Å². The molecule has 0 unspecified atom stereocenters. The van der Waals surface area contributed by atoms with E-state index in [0.717, 1.165) is 41.1 Å². The monoisotopic (exact) mass is 384 g/mol. The second-order valence-electron chi connectivity index (χ2n) is 9.07. The Hall–Kier alpha value is -2.30. The Balaban J connectivity index is 1.63. The number of fused-ring (bicyclic) bond motifs is 1. The van der Waals surface area contributed by atoms with E-state index in [1.807, 2.05) is 30.3 Å². The van der Waals surface area contributed by atoms with E-state index in [0.29, 0.717) is 18.1 Å². The van der Waals surface area contributed by atoms with Crippen LogP contribution < -0.4 is 9.64 Å². The number of pyridine rings is 1. The molecule has 152 valence electrons.